The Kier molecular flexibility index (Phi) is 2.95. The van der Waals surface area contributed by atoms with Gasteiger partial charge in [0.15, 0.2) is 4.87 Å². The van der Waals surface area contributed by atoms with Gasteiger partial charge in [0.2, 0.25) is 5.91 Å². The largest absolute Gasteiger partial charge is 0.393 e. The molecule has 1 radical (unpaired) electrons. The molecule has 17 heavy (non-hydrogen) atoms. The standard InChI is InChI=1S/C11H14N4O2/c12-9-4-3-8(6-10(9)15(13)17)7-14-5-1-2-11(14)16/h2-4,6H,1,5,7,12H2,(H2,13,17)/q+1. The van der Waals surface area contributed by atoms with Gasteiger partial charge >= 0.3 is 5.69 Å². The lowest BCUT2D eigenvalue weighted by molar-refractivity contribution is -0.473. The summed E-state index contributed by atoms with van der Waals surface area (Å²) < 4.78 is 0. The van der Waals surface area contributed by atoms with Crippen molar-refractivity contribution in [1.29, 1.82) is 0 Å². The summed E-state index contributed by atoms with van der Waals surface area (Å²) >= 11 is 0. The molecular formula is C11H14N4O2+. The van der Waals surface area contributed by atoms with E-state index < -0.39 is 0 Å². The summed E-state index contributed by atoms with van der Waals surface area (Å²) in [5.41, 5.74) is 7.00. The number of anilines is 1. The Bertz CT molecular complexity index is 473. The van der Waals surface area contributed by atoms with E-state index in [9.17, 15) is 9.70 Å². The third-order valence-corrected chi connectivity index (χ3v) is 2.74. The molecule has 6 nitrogen and oxygen atoms in total. The zero-order valence-corrected chi connectivity index (χ0v) is 9.30. The smallest absolute Gasteiger partial charge is 0.314 e. The predicted molar refractivity (Wildman–Crippen MR) is 62.7 cm³/mol. The highest BCUT2D eigenvalue weighted by atomic mass is 16.3. The fraction of sp³-hybridized carbons (Fsp3) is 0.273. The number of nitrogens with zero attached hydrogens (tertiary/aromatic N) is 2. The van der Waals surface area contributed by atoms with E-state index >= 15 is 0 Å². The normalized spacial score (nSPS) is 15.3. The van der Waals surface area contributed by atoms with Crippen molar-refractivity contribution in [2.45, 2.75) is 13.0 Å². The van der Waals surface area contributed by atoms with E-state index in [2.05, 4.69) is 0 Å². The van der Waals surface area contributed by atoms with Crippen molar-refractivity contribution >= 4 is 17.3 Å². The molecule has 2 rings (SSSR count). The van der Waals surface area contributed by atoms with Crippen molar-refractivity contribution in [2.75, 3.05) is 12.3 Å². The Morgan fingerprint density at radius 1 is 1.41 bits per heavy atom. The molecule has 0 spiro atoms. The summed E-state index contributed by atoms with van der Waals surface area (Å²) in [7, 11) is 0. The van der Waals surface area contributed by atoms with E-state index in [1.807, 2.05) is 0 Å². The van der Waals surface area contributed by atoms with Gasteiger partial charge in [0, 0.05) is 19.2 Å². The molecule has 4 N–H and O–H groups in total. The number of hydrogen-bond acceptors (Lipinski definition) is 3. The quantitative estimate of drug-likeness (QED) is 0.344. The average molecular weight is 234 g/mol. The highest BCUT2D eigenvalue weighted by molar-refractivity contribution is 5.86. The van der Waals surface area contributed by atoms with Crippen LogP contribution in [-0.4, -0.2) is 22.2 Å². The van der Waals surface area contributed by atoms with E-state index in [1.165, 1.54) is 0 Å². The topological polar surface area (TPSA) is 92.4 Å². The minimum Gasteiger partial charge on any atom is -0.393 e. The van der Waals surface area contributed by atoms with Crippen molar-refractivity contribution in [3.05, 3.63) is 35.1 Å². The minimum absolute atomic E-state index is 0.0232. The van der Waals surface area contributed by atoms with Crippen LogP contribution in [0.15, 0.2) is 18.2 Å². The molecule has 0 aliphatic carbocycles. The SMILES string of the molecule is Nc1ccc(CN2CC[CH]C2=O)cc1[N+](N)=O. The Labute approximate surface area is 98.7 Å². The molecule has 0 saturated carbocycles. The maximum absolute atomic E-state index is 11.4. The molecule has 89 valence electrons. The lowest BCUT2D eigenvalue weighted by Gasteiger charge is -2.15. The predicted octanol–water partition coefficient (Wildman–Crippen LogP) is 0.489. The van der Waals surface area contributed by atoms with Gasteiger partial charge in [-0.2, -0.15) is 5.84 Å². The third-order valence-electron chi connectivity index (χ3n) is 2.74. The van der Waals surface area contributed by atoms with Gasteiger partial charge in [-0.3, -0.25) is 4.79 Å². The van der Waals surface area contributed by atoms with Gasteiger partial charge in [-0.1, -0.05) is 6.07 Å². The number of rotatable bonds is 3. The number of likely N-dealkylation sites (tertiary alicyclic amines) is 1. The molecule has 1 amide bonds. The number of benzene rings is 1. The molecular weight excluding hydrogens is 220 g/mol. The van der Waals surface area contributed by atoms with Crippen LogP contribution < -0.4 is 11.6 Å². The van der Waals surface area contributed by atoms with Gasteiger partial charge in [0.1, 0.15) is 5.69 Å². The summed E-state index contributed by atoms with van der Waals surface area (Å²) in [4.78, 5) is 24.4. The lowest BCUT2D eigenvalue weighted by atomic mass is 10.1. The maximum Gasteiger partial charge on any atom is 0.314 e. The number of amides is 1. The first kappa shape index (κ1) is 11.4. The van der Waals surface area contributed by atoms with Gasteiger partial charge in [0.25, 0.3) is 0 Å². The van der Waals surface area contributed by atoms with Gasteiger partial charge in [-0.05, 0) is 18.1 Å². The second kappa shape index (κ2) is 4.40. The zero-order chi connectivity index (χ0) is 12.4. The molecule has 1 aliphatic heterocycles. The number of carbonyl (C=O) groups is 1. The first-order chi connectivity index (χ1) is 8.08. The third kappa shape index (κ3) is 2.35. The van der Waals surface area contributed by atoms with E-state index in [-0.39, 0.29) is 16.5 Å². The fourth-order valence-corrected chi connectivity index (χ4v) is 1.84. The van der Waals surface area contributed by atoms with E-state index in [0.717, 1.165) is 12.0 Å². The van der Waals surface area contributed by atoms with Crippen molar-refractivity contribution in [3.8, 4) is 0 Å². The lowest BCUT2D eigenvalue weighted by Crippen LogP contribution is -2.24. The van der Waals surface area contributed by atoms with Crippen LogP contribution in [-0.2, 0) is 11.3 Å². The van der Waals surface area contributed by atoms with Gasteiger partial charge in [-0.25, -0.2) is 0 Å². The number of nitroso groups, excluding NO2 is 1. The van der Waals surface area contributed by atoms with Crippen LogP contribution in [0.1, 0.15) is 12.0 Å². The van der Waals surface area contributed by atoms with Crippen LogP contribution in [0.25, 0.3) is 0 Å². The average Bonchev–Trinajstić information content (AvgIpc) is 2.67. The Balaban J connectivity index is 2.19. The summed E-state index contributed by atoms with van der Waals surface area (Å²) in [5, 5.41) is 0. The highest BCUT2D eigenvalue weighted by Crippen LogP contribution is 2.23. The highest BCUT2D eigenvalue weighted by Gasteiger charge is 2.22. The summed E-state index contributed by atoms with van der Waals surface area (Å²) in [6.45, 7) is 1.18. The molecule has 1 heterocycles. The Morgan fingerprint density at radius 3 is 2.76 bits per heavy atom. The monoisotopic (exact) mass is 234 g/mol. The van der Waals surface area contributed by atoms with Gasteiger partial charge in [0.05, 0.1) is 11.3 Å². The Morgan fingerprint density at radius 2 is 2.18 bits per heavy atom. The van der Waals surface area contributed by atoms with Crippen LogP contribution in [0.5, 0.6) is 0 Å². The van der Waals surface area contributed by atoms with Crippen molar-refractivity contribution in [2.24, 2.45) is 5.84 Å². The first-order valence-corrected chi connectivity index (χ1v) is 5.30. The summed E-state index contributed by atoms with van der Waals surface area (Å²) in [6, 6.07) is 5.01. The summed E-state index contributed by atoms with van der Waals surface area (Å²) in [5.74, 6) is 5.15. The minimum atomic E-state index is 0.0232. The second-order valence-corrected chi connectivity index (χ2v) is 3.97. The first-order valence-electron chi connectivity index (χ1n) is 5.30. The summed E-state index contributed by atoms with van der Waals surface area (Å²) in [6.07, 6.45) is 2.42. The van der Waals surface area contributed by atoms with Crippen molar-refractivity contribution in [3.63, 3.8) is 0 Å². The number of hydrogen-bond donors (Lipinski definition) is 2. The van der Waals surface area contributed by atoms with Gasteiger partial charge < -0.3 is 10.6 Å². The fourth-order valence-electron chi connectivity index (χ4n) is 1.84. The second-order valence-electron chi connectivity index (χ2n) is 3.97. The molecule has 0 aromatic heterocycles. The molecule has 1 aliphatic rings. The molecule has 1 saturated heterocycles. The van der Waals surface area contributed by atoms with Crippen LogP contribution in [0.4, 0.5) is 11.4 Å². The molecule has 0 unspecified atom stereocenters. The van der Waals surface area contributed by atoms with Crippen LogP contribution >= 0.6 is 0 Å². The molecule has 1 aromatic carbocycles. The van der Waals surface area contributed by atoms with Crippen LogP contribution in [0.3, 0.4) is 0 Å². The zero-order valence-electron chi connectivity index (χ0n) is 9.30. The molecule has 0 bridgehead atoms. The number of hydrazine groups is 1. The van der Waals surface area contributed by atoms with E-state index in [1.54, 1.807) is 29.5 Å². The van der Waals surface area contributed by atoms with Crippen molar-refractivity contribution in [1.82, 2.24) is 4.90 Å². The van der Waals surface area contributed by atoms with E-state index in [0.29, 0.717) is 18.8 Å². The number of nitrogen functional groups attached to an aromatic ring is 1. The molecule has 6 heteroatoms. The molecule has 1 aromatic rings. The van der Waals surface area contributed by atoms with Crippen molar-refractivity contribution < 1.29 is 9.66 Å². The molecule has 0 atom stereocenters. The van der Waals surface area contributed by atoms with Crippen LogP contribution in [0.2, 0.25) is 0 Å². The van der Waals surface area contributed by atoms with Crippen LogP contribution in [0, 0.1) is 11.3 Å². The maximum atomic E-state index is 11.4. The van der Waals surface area contributed by atoms with E-state index in [4.69, 9.17) is 11.6 Å². The number of carbonyl (C=O) groups excluding carboxylic acids is 1. The number of nitrogens with two attached hydrogens (primary N) is 2. The molecule has 1 fully saturated rings. The Hall–Kier alpha value is -2.11. The van der Waals surface area contributed by atoms with Gasteiger partial charge in [-0.15, -0.1) is 0 Å².